The zero-order chi connectivity index (χ0) is 24.8. The van der Waals surface area contributed by atoms with Gasteiger partial charge in [0.05, 0.1) is 41.9 Å². The van der Waals surface area contributed by atoms with Crippen LogP contribution in [0.1, 0.15) is 6.92 Å². The second-order valence-electron chi connectivity index (χ2n) is 6.94. The normalized spacial score (nSPS) is 10.5. The number of rotatable bonds is 5. The van der Waals surface area contributed by atoms with Crippen molar-refractivity contribution in [3.05, 3.63) is 79.3 Å². The van der Waals surface area contributed by atoms with Crippen LogP contribution in [0.2, 0.25) is 10.0 Å². The van der Waals surface area contributed by atoms with Crippen molar-refractivity contribution in [2.45, 2.75) is 13.5 Å². The number of carbonyl (C=O) groups excluding carboxylic acids is 1. The van der Waals surface area contributed by atoms with Crippen molar-refractivity contribution in [2.24, 2.45) is 0 Å². The summed E-state index contributed by atoms with van der Waals surface area (Å²) in [6.45, 7) is 1.79. The van der Waals surface area contributed by atoms with Crippen LogP contribution >= 0.6 is 23.2 Å². The quantitative estimate of drug-likeness (QED) is 0.404. The van der Waals surface area contributed by atoms with Crippen molar-refractivity contribution < 1.29 is 19.0 Å². The van der Waals surface area contributed by atoms with Crippen molar-refractivity contribution in [1.29, 1.82) is 0 Å². The Bertz CT molecular complexity index is 1460. The molecule has 0 fully saturated rings. The number of hydrogen-bond donors (Lipinski definition) is 1. The summed E-state index contributed by atoms with van der Waals surface area (Å²) in [5.74, 6) is 0.609. The lowest BCUT2D eigenvalue weighted by molar-refractivity contribution is -0.143. The minimum Gasteiger partial charge on any atom is -0.495 e. The van der Waals surface area contributed by atoms with Crippen molar-refractivity contribution in [3.8, 4) is 11.5 Å². The predicted molar refractivity (Wildman–Crippen MR) is 133 cm³/mol. The number of ether oxygens (including phenoxy) is 3. The number of H-pyrrole nitrogens is 1. The Hall–Kier alpha value is -3.49. The van der Waals surface area contributed by atoms with Crippen LogP contribution in [0.15, 0.2) is 58.1 Å². The van der Waals surface area contributed by atoms with Gasteiger partial charge in [0, 0.05) is 22.9 Å². The van der Waals surface area contributed by atoms with Gasteiger partial charge in [0.2, 0.25) is 5.56 Å². The first-order valence-corrected chi connectivity index (χ1v) is 10.9. The Kier molecular flexibility index (Phi) is 8.20. The van der Waals surface area contributed by atoms with E-state index < -0.39 is 5.97 Å². The molecule has 0 saturated heterocycles. The molecule has 0 aliphatic heterocycles. The number of hydrogen-bond acceptors (Lipinski definition) is 6. The van der Waals surface area contributed by atoms with E-state index in [0.29, 0.717) is 38.0 Å². The summed E-state index contributed by atoms with van der Waals surface area (Å²) >= 11 is 12.1. The van der Waals surface area contributed by atoms with Crippen LogP contribution in [0.4, 0.5) is 0 Å². The van der Waals surface area contributed by atoms with Crippen molar-refractivity contribution in [2.75, 3.05) is 20.8 Å². The Balaban J connectivity index is 0.000000202. The standard InChI is InChI=1S/C14H14ClNO4.C10H8ClNO2/c1-3-20-13(18)8-16-12(17)7-4-9-10(15)5-6-11(19-2)14(9)16;1-14-8-4-3-7(11)6-2-5-9(13)12-10(6)8/h4-7H,3,8H2,1-2H3;2-5H,1H3,(H,12,13). The van der Waals surface area contributed by atoms with Gasteiger partial charge in [-0.1, -0.05) is 23.2 Å². The molecule has 0 unspecified atom stereocenters. The lowest BCUT2D eigenvalue weighted by Crippen LogP contribution is -2.25. The van der Waals surface area contributed by atoms with E-state index in [2.05, 4.69) is 4.98 Å². The molecule has 10 heteroatoms. The zero-order valence-corrected chi connectivity index (χ0v) is 20.2. The van der Waals surface area contributed by atoms with Gasteiger partial charge in [-0.3, -0.25) is 19.0 Å². The maximum absolute atomic E-state index is 12.0. The number of methoxy groups -OCH3 is 2. The van der Waals surface area contributed by atoms with Gasteiger partial charge in [-0.25, -0.2) is 0 Å². The molecule has 0 saturated carbocycles. The average Bonchev–Trinajstić information content (AvgIpc) is 2.82. The molecule has 8 nitrogen and oxygen atoms in total. The number of benzene rings is 2. The third-order valence-electron chi connectivity index (χ3n) is 4.89. The van der Waals surface area contributed by atoms with Crippen LogP contribution in [0.3, 0.4) is 0 Å². The van der Waals surface area contributed by atoms with Crippen LogP contribution in [0, 0.1) is 0 Å². The minimum absolute atomic E-state index is 0.168. The van der Waals surface area contributed by atoms with Crippen LogP contribution < -0.4 is 20.6 Å². The number of nitrogens with one attached hydrogen (secondary N) is 1. The maximum atomic E-state index is 12.0. The Morgan fingerprint density at radius 3 is 2.15 bits per heavy atom. The number of carbonyl (C=O) groups is 1. The molecular weight excluding hydrogens is 483 g/mol. The molecule has 0 aliphatic rings. The molecular formula is C24H22Cl2N2O6. The Morgan fingerprint density at radius 1 is 0.882 bits per heavy atom. The average molecular weight is 505 g/mol. The third kappa shape index (κ3) is 5.35. The number of pyridine rings is 2. The van der Waals surface area contributed by atoms with Gasteiger partial charge in [-0.15, -0.1) is 0 Å². The fourth-order valence-electron chi connectivity index (χ4n) is 3.37. The Morgan fingerprint density at radius 2 is 1.50 bits per heavy atom. The van der Waals surface area contributed by atoms with Gasteiger partial charge >= 0.3 is 5.97 Å². The molecule has 0 atom stereocenters. The van der Waals surface area contributed by atoms with E-state index in [-0.39, 0.29) is 24.3 Å². The first-order chi connectivity index (χ1) is 16.3. The molecule has 0 amide bonds. The van der Waals surface area contributed by atoms with E-state index in [9.17, 15) is 14.4 Å². The second kappa shape index (κ2) is 11.1. The molecule has 1 N–H and O–H groups in total. The molecule has 0 spiro atoms. The number of halogens is 2. The zero-order valence-electron chi connectivity index (χ0n) is 18.7. The monoisotopic (exact) mass is 504 g/mol. The highest BCUT2D eigenvalue weighted by Crippen LogP contribution is 2.30. The van der Waals surface area contributed by atoms with Gasteiger partial charge in [0.15, 0.2) is 0 Å². The summed E-state index contributed by atoms with van der Waals surface area (Å²) in [6.07, 6.45) is 0. The molecule has 4 rings (SSSR count). The van der Waals surface area contributed by atoms with Crippen LogP contribution in [0.5, 0.6) is 11.5 Å². The van der Waals surface area contributed by atoms with E-state index in [4.69, 9.17) is 37.4 Å². The topological polar surface area (TPSA) is 99.6 Å². The highest BCUT2D eigenvalue weighted by atomic mass is 35.5. The van der Waals surface area contributed by atoms with Gasteiger partial charge in [0.1, 0.15) is 18.0 Å². The molecule has 0 radical (unpaired) electrons. The van der Waals surface area contributed by atoms with Gasteiger partial charge in [-0.2, -0.15) is 0 Å². The first-order valence-electron chi connectivity index (χ1n) is 10.2. The highest BCUT2D eigenvalue weighted by Gasteiger charge is 2.14. The molecule has 2 heterocycles. The van der Waals surface area contributed by atoms with E-state index in [0.717, 1.165) is 5.39 Å². The minimum atomic E-state index is -0.482. The fourth-order valence-corrected chi connectivity index (χ4v) is 3.81. The summed E-state index contributed by atoms with van der Waals surface area (Å²) in [5.41, 5.74) is 0.636. The lowest BCUT2D eigenvalue weighted by Gasteiger charge is -2.13. The van der Waals surface area contributed by atoms with Crippen molar-refractivity contribution in [3.63, 3.8) is 0 Å². The molecule has 178 valence electrons. The highest BCUT2D eigenvalue weighted by molar-refractivity contribution is 6.36. The molecule has 0 bridgehead atoms. The number of aromatic amines is 1. The number of esters is 1. The van der Waals surface area contributed by atoms with Crippen LogP contribution in [-0.4, -0.2) is 36.3 Å². The maximum Gasteiger partial charge on any atom is 0.326 e. The molecule has 4 aromatic rings. The van der Waals surface area contributed by atoms with Crippen LogP contribution in [-0.2, 0) is 16.1 Å². The summed E-state index contributed by atoms with van der Waals surface area (Å²) < 4.78 is 16.5. The smallest absolute Gasteiger partial charge is 0.326 e. The molecule has 2 aromatic heterocycles. The number of aromatic nitrogens is 2. The van der Waals surface area contributed by atoms with Gasteiger partial charge in [-0.05, 0) is 43.3 Å². The molecule has 34 heavy (non-hydrogen) atoms. The lowest BCUT2D eigenvalue weighted by atomic mass is 10.2. The number of nitrogens with zero attached hydrogens (tertiary/aromatic N) is 1. The summed E-state index contributed by atoms with van der Waals surface area (Å²) in [4.78, 5) is 37.4. The van der Waals surface area contributed by atoms with E-state index >= 15 is 0 Å². The fraction of sp³-hybridized carbons (Fsp3) is 0.208. The van der Waals surface area contributed by atoms with Gasteiger partial charge < -0.3 is 19.2 Å². The van der Waals surface area contributed by atoms with Gasteiger partial charge in [0.25, 0.3) is 5.56 Å². The predicted octanol–water partition coefficient (Wildman–Crippen LogP) is 4.42. The van der Waals surface area contributed by atoms with E-state index in [1.54, 1.807) is 50.4 Å². The summed E-state index contributed by atoms with van der Waals surface area (Å²) in [5, 5.41) is 2.51. The van der Waals surface area contributed by atoms with Crippen LogP contribution in [0.25, 0.3) is 21.8 Å². The SMILES string of the molecule is CCOC(=O)Cn1c(=O)ccc2c(Cl)ccc(OC)c21.COc1ccc(Cl)c2ccc(=O)[nH]c12. The second-order valence-corrected chi connectivity index (χ2v) is 7.75. The summed E-state index contributed by atoms with van der Waals surface area (Å²) in [6, 6.07) is 12.9. The first kappa shape index (κ1) is 25.1. The summed E-state index contributed by atoms with van der Waals surface area (Å²) in [7, 11) is 3.04. The Labute approximate surface area is 204 Å². The number of fused-ring (bicyclic) bond motifs is 2. The molecule has 0 aliphatic carbocycles. The van der Waals surface area contributed by atoms with E-state index in [1.165, 1.54) is 23.8 Å². The third-order valence-corrected chi connectivity index (χ3v) is 5.55. The van der Waals surface area contributed by atoms with Crippen molar-refractivity contribution >= 4 is 51.0 Å². The van der Waals surface area contributed by atoms with Crippen molar-refractivity contribution in [1.82, 2.24) is 9.55 Å². The molecule has 2 aromatic carbocycles. The largest absolute Gasteiger partial charge is 0.495 e. The van der Waals surface area contributed by atoms with E-state index in [1.807, 2.05) is 0 Å².